The summed E-state index contributed by atoms with van der Waals surface area (Å²) in [6, 6.07) is 8.20. The van der Waals surface area contributed by atoms with Crippen LogP contribution in [0.1, 0.15) is 26.3 Å². The average Bonchev–Trinajstić information content (AvgIpc) is 2.49. The zero-order valence-corrected chi connectivity index (χ0v) is 14.3. The summed E-state index contributed by atoms with van der Waals surface area (Å²) in [5.41, 5.74) is 0.691. The summed E-state index contributed by atoms with van der Waals surface area (Å²) in [6.07, 6.45) is 3.45. The van der Waals surface area contributed by atoms with Crippen LogP contribution in [0.2, 0.25) is 0 Å². The number of amides is 1. The zero-order chi connectivity index (χ0) is 16.9. The van der Waals surface area contributed by atoms with Gasteiger partial charge in [0.05, 0.1) is 0 Å². The maximum absolute atomic E-state index is 11.9. The fourth-order valence-corrected chi connectivity index (χ4v) is 2.22. The number of nitrogens with zero attached hydrogens (tertiary/aromatic N) is 2. The molecule has 0 unspecified atom stereocenters. The van der Waals surface area contributed by atoms with Crippen LogP contribution in [-0.4, -0.2) is 41.7 Å². The topological polar surface area (TPSA) is 54.5 Å². The normalized spacial score (nSPS) is 11.5. The van der Waals surface area contributed by atoms with Crippen molar-refractivity contribution in [1.29, 1.82) is 0 Å². The van der Waals surface area contributed by atoms with E-state index in [4.69, 9.17) is 4.74 Å². The van der Waals surface area contributed by atoms with E-state index in [1.165, 1.54) is 5.39 Å². The van der Waals surface area contributed by atoms with Crippen LogP contribution in [0, 0.1) is 0 Å². The van der Waals surface area contributed by atoms with Crippen LogP contribution in [0.15, 0.2) is 36.7 Å². The fraction of sp³-hybridized carbons (Fsp3) is 0.444. The summed E-state index contributed by atoms with van der Waals surface area (Å²) in [7, 11) is 1.75. The lowest BCUT2D eigenvalue weighted by molar-refractivity contribution is 0.0300. The van der Waals surface area contributed by atoms with Gasteiger partial charge in [-0.3, -0.25) is 4.98 Å². The molecule has 5 heteroatoms. The van der Waals surface area contributed by atoms with Crippen molar-refractivity contribution in [3.8, 4) is 0 Å². The second-order valence-corrected chi connectivity index (χ2v) is 6.60. The Kier molecular flexibility index (Phi) is 5.55. The van der Waals surface area contributed by atoms with Crippen LogP contribution in [0.5, 0.6) is 0 Å². The molecule has 1 heterocycles. The lowest BCUT2D eigenvalue weighted by atomic mass is 10.1. The molecular weight excluding hydrogens is 290 g/mol. The zero-order valence-electron chi connectivity index (χ0n) is 14.3. The molecule has 2 rings (SSSR count). The molecule has 0 fully saturated rings. The van der Waals surface area contributed by atoms with Gasteiger partial charge in [0.15, 0.2) is 0 Å². The lowest BCUT2D eigenvalue weighted by Crippen LogP contribution is -2.37. The third kappa shape index (κ3) is 5.21. The third-order valence-electron chi connectivity index (χ3n) is 3.40. The van der Waals surface area contributed by atoms with E-state index in [2.05, 4.69) is 22.4 Å². The van der Waals surface area contributed by atoms with E-state index < -0.39 is 5.60 Å². The van der Waals surface area contributed by atoms with Crippen molar-refractivity contribution in [2.24, 2.45) is 0 Å². The smallest absolute Gasteiger partial charge is 0.410 e. The number of pyridine rings is 1. The predicted molar refractivity (Wildman–Crippen MR) is 92.3 cm³/mol. The summed E-state index contributed by atoms with van der Waals surface area (Å²) in [5, 5.41) is 5.69. The highest BCUT2D eigenvalue weighted by Crippen LogP contribution is 2.16. The van der Waals surface area contributed by atoms with E-state index in [-0.39, 0.29) is 6.09 Å². The van der Waals surface area contributed by atoms with Crippen LogP contribution in [-0.2, 0) is 11.3 Å². The summed E-state index contributed by atoms with van der Waals surface area (Å²) in [6.45, 7) is 7.60. The van der Waals surface area contributed by atoms with Gasteiger partial charge < -0.3 is 15.0 Å². The van der Waals surface area contributed by atoms with Gasteiger partial charge in [-0.25, -0.2) is 4.79 Å². The maximum atomic E-state index is 11.9. The van der Waals surface area contributed by atoms with Gasteiger partial charge >= 0.3 is 6.09 Å². The van der Waals surface area contributed by atoms with Gasteiger partial charge in [-0.2, -0.15) is 0 Å². The molecule has 0 aliphatic heterocycles. The third-order valence-corrected chi connectivity index (χ3v) is 3.40. The highest BCUT2D eigenvalue weighted by atomic mass is 16.6. The Balaban J connectivity index is 1.82. The molecule has 0 aliphatic rings. The average molecular weight is 315 g/mol. The van der Waals surface area contributed by atoms with Crippen molar-refractivity contribution < 1.29 is 9.53 Å². The molecule has 1 amide bonds. The first-order valence-corrected chi connectivity index (χ1v) is 7.83. The van der Waals surface area contributed by atoms with Crippen LogP contribution in [0.4, 0.5) is 4.79 Å². The van der Waals surface area contributed by atoms with Crippen molar-refractivity contribution in [2.75, 3.05) is 20.1 Å². The molecule has 1 N–H and O–H groups in total. The molecule has 2 aromatic rings. The van der Waals surface area contributed by atoms with E-state index in [1.54, 1.807) is 11.9 Å². The molecule has 124 valence electrons. The number of fused-ring (bicyclic) bond motifs is 1. The number of ether oxygens (including phenoxy) is 1. The lowest BCUT2D eigenvalue weighted by Gasteiger charge is -2.24. The van der Waals surface area contributed by atoms with Gasteiger partial charge in [0.25, 0.3) is 0 Å². The van der Waals surface area contributed by atoms with E-state index in [1.807, 2.05) is 45.3 Å². The molecular formula is C18H25N3O2. The molecule has 0 atom stereocenters. The molecule has 0 spiro atoms. The van der Waals surface area contributed by atoms with E-state index in [0.717, 1.165) is 17.5 Å². The first-order chi connectivity index (χ1) is 10.9. The fourth-order valence-electron chi connectivity index (χ4n) is 2.22. The molecule has 0 saturated carbocycles. The number of hydrogen-bond acceptors (Lipinski definition) is 4. The van der Waals surface area contributed by atoms with Crippen molar-refractivity contribution in [1.82, 2.24) is 15.2 Å². The Morgan fingerprint density at radius 3 is 2.74 bits per heavy atom. The number of nitrogens with one attached hydrogen (secondary N) is 1. The van der Waals surface area contributed by atoms with Gasteiger partial charge in [0.2, 0.25) is 0 Å². The molecule has 0 saturated heterocycles. The predicted octanol–water partition coefficient (Wildman–Crippen LogP) is 3.19. The minimum Gasteiger partial charge on any atom is -0.444 e. The van der Waals surface area contributed by atoms with Crippen molar-refractivity contribution in [3.05, 3.63) is 42.2 Å². The van der Waals surface area contributed by atoms with Crippen molar-refractivity contribution >= 4 is 16.9 Å². The van der Waals surface area contributed by atoms with Gasteiger partial charge in [0, 0.05) is 44.5 Å². The molecule has 0 bridgehead atoms. The largest absolute Gasteiger partial charge is 0.444 e. The molecule has 1 aromatic heterocycles. The van der Waals surface area contributed by atoms with Gasteiger partial charge in [-0.1, -0.05) is 24.3 Å². The van der Waals surface area contributed by atoms with Crippen molar-refractivity contribution in [2.45, 2.75) is 32.9 Å². The van der Waals surface area contributed by atoms with Crippen LogP contribution in [0.25, 0.3) is 10.8 Å². The highest BCUT2D eigenvalue weighted by Gasteiger charge is 2.19. The standard InChI is InChI=1S/C18H25N3O2/c1-18(2,3)23-17(22)21(4)10-9-19-12-15-13-20-11-14-7-5-6-8-16(14)15/h5-8,11,13,19H,9-10,12H2,1-4H3. The number of carbonyl (C=O) groups excluding carboxylic acids is 1. The monoisotopic (exact) mass is 315 g/mol. The summed E-state index contributed by atoms with van der Waals surface area (Å²) >= 11 is 0. The van der Waals surface area contributed by atoms with Crippen LogP contribution in [0.3, 0.4) is 0 Å². The SMILES string of the molecule is CN(CCNCc1cncc2ccccc12)C(=O)OC(C)(C)C. The summed E-state index contributed by atoms with van der Waals surface area (Å²) in [4.78, 5) is 17.7. The molecule has 23 heavy (non-hydrogen) atoms. The molecule has 0 radical (unpaired) electrons. The number of likely N-dealkylation sites (N-methyl/N-ethyl adjacent to an activating group) is 1. The Morgan fingerprint density at radius 2 is 2.00 bits per heavy atom. The molecule has 0 aliphatic carbocycles. The maximum Gasteiger partial charge on any atom is 0.410 e. The van der Waals surface area contributed by atoms with E-state index in [0.29, 0.717) is 13.1 Å². The highest BCUT2D eigenvalue weighted by molar-refractivity contribution is 5.84. The minimum absolute atomic E-state index is 0.300. The van der Waals surface area contributed by atoms with Crippen molar-refractivity contribution in [3.63, 3.8) is 0 Å². The summed E-state index contributed by atoms with van der Waals surface area (Å²) < 4.78 is 5.32. The number of carbonyl (C=O) groups is 1. The second-order valence-electron chi connectivity index (χ2n) is 6.60. The quantitative estimate of drug-likeness (QED) is 0.861. The van der Waals surface area contributed by atoms with Gasteiger partial charge in [0.1, 0.15) is 5.60 Å². The number of aromatic nitrogens is 1. The first kappa shape index (κ1) is 17.2. The van der Waals surface area contributed by atoms with Gasteiger partial charge in [-0.15, -0.1) is 0 Å². The Labute approximate surface area is 137 Å². The minimum atomic E-state index is -0.465. The number of benzene rings is 1. The van der Waals surface area contributed by atoms with E-state index >= 15 is 0 Å². The Morgan fingerprint density at radius 1 is 1.26 bits per heavy atom. The molecule has 1 aromatic carbocycles. The Bertz CT molecular complexity index is 659. The Hall–Kier alpha value is -2.14. The second kappa shape index (κ2) is 7.42. The number of hydrogen-bond donors (Lipinski definition) is 1. The van der Waals surface area contributed by atoms with Crippen LogP contribution < -0.4 is 5.32 Å². The molecule has 5 nitrogen and oxygen atoms in total. The first-order valence-electron chi connectivity index (χ1n) is 7.83. The van der Waals surface area contributed by atoms with E-state index in [9.17, 15) is 4.79 Å². The summed E-state index contributed by atoms with van der Waals surface area (Å²) in [5.74, 6) is 0. The number of rotatable bonds is 5. The van der Waals surface area contributed by atoms with Crippen LogP contribution >= 0.6 is 0 Å². The van der Waals surface area contributed by atoms with Gasteiger partial charge in [-0.05, 0) is 31.7 Å².